The highest BCUT2D eigenvalue weighted by Crippen LogP contribution is 2.18. The highest BCUT2D eigenvalue weighted by molar-refractivity contribution is 5.60. The van der Waals surface area contributed by atoms with Crippen LogP contribution in [0, 0.1) is 0 Å². The molecule has 0 spiro atoms. The van der Waals surface area contributed by atoms with E-state index in [9.17, 15) is 0 Å². The van der Waals surface area contributed by atoms with Gasteiger partial charge in [0.1, 0.15) is 5.75 Å². The maximum atomic E-state index is 5.18. The average molecular weight is 364 g/mol. The van der Waals surface area contributed by atoms with Crippen LogP contribution < -0.4 is 9.64 Å². The Labute approximate surface area is 165 Å². The number of nitrogens with zero attached hydrogens (tertiary/aromatic N) is 1. The molecule has 0 saturated carbocycles. The number of unbranched alkanes of at least 4 members (excludes halogenated alkanes) is 2. The molecule has 0 aliphatic carbocycles. The minimum atomic E-state index is 0.884. The fourth-order valence-electron chi connectivity index (χ4n) is 2.91. The number of hydrogen-bond acceptors (Lipinski definition) is 2. The van der Waals surface area contributed by atoms with Crippen molar-refractivity contribution in [1.82, 2.24) is 0 Å². The van der Waals surface area contributed by atoms with Crippen LogP contribution in [0.15, 0.2) is 60.7 Å². The average Bonchev–Trinajstić information content (AvgIpc) is 2.72. The molecule has 2 aromatic carbocycles. The van der Waals surface area contributed by atoms with Crippen LogP contribution in [0.5, 0.6) is 5.75 Å². The van der Waals surface area contributed by atoms with Crippen molar-refractivity contribution in [2.75, 3.05) is 25.1 Å². The van der Waals surface area contributed by atoms with E-state index in [0.29, 0.717) is 0 Å². The highest BCUT2D eigenvalue weighted by Gasteiger charge is 2.04. The Morgan fingerprint density at radius 3 is 1.67 bits per heavy atom. The number of benzene rings is 2. The lowest BCUT2D eigenvalue weighted by Crippen LogP contribution is -2.25. The van der Waals surface area contributed by atoms with E-state index in [4.69, 9.17) is 4.74 Å². The first-order chi connectivity index (χ1) is 13.3. The third kappa shape index (κ3) is 7.34. The highest BCUT2D eigenvalue weighted by atomic mass is 16.5. The van der Waals surface area contributed by atoms with Gasteiger partial charge in [-0.25, -0.2) is 0 Å². The summed E-state index contributed by atoms with van der Waals surface area (Å²) in [6, 6.07) is 17.0. The molecule has 2 aromatic rings. The molecule has 0 fully saturated rings. The lowest BCUT2D eigenvalue weighted by atomic mass is 10.1. The first kappa shape index (κ1) is 20.8. The van der Waals surface area contributed by atoms with Crippen LogP contribution in [0.1, 0.15) is 50.7 Å². The van der Waals surface area contributed by atoms with E-state index in [1.807, 2.05) is 12.1 Å². The fourth-order valence-corrected chi connectivity index (χ4v) is 2.91. The lowest BCUT2D eigenvalue weighted by molar-refractivity contribution is 0.415. The molecule has 0 bridgehead atoms. The van der Waals surface area contributed by atoms with Gasteiger partial charge < -0.3 is 9.64 Å². The minimum absolute atomic E-state index is 0.884. The van der Waals surface area contributed by atoms with Gasteiger partial charge in [-0.3, -0.25) is 0 Å². The van der Waals surface area contributed by atoms with E-state index >= 15 is 0 Å². The van der Waals surface area contributed by atoms with Gasteiger partial charge >= 0.3 is 0 Å². The minimum Gasteiger partial charge on any atom is -0.497 e. The van der Waals surface area contributed by atoms with Gasteiger partial charge in [-0.15, -0.1) is 0 Å². The zero-order chi connectivity index (χ0) is 19.3. The van der Waals surface area contributed by atoms with Crippen LogP contribution >= 0.6 is 0 Å². The second kappa shape index (κ2) is 12.0. The van der Waals surface area contributed by atoms with Crippen molar-refractivity contribution < 1.29 is 4.74 Å². The Hall–Kier alpha value is -2.48. The number of allylic oxidation sites excluding steroid dienone is 2. The van der Waals surface area contributed by atoms with Crippen LogP contribution in [0.3, 0.4) is 0 Å². The topological polar surface area (TPSA) is 12.5 Å². The van der Waals surface area contributed by atoms with Crippen molar-refractivity contribution >= 4 is 17.8 Å². The first-order valence-electron chi connectivity index (χ1n) is 10.1. The Bertz CT molecular complexity index is 690. The molecule has 2 heteroatoms. The van der Waals surface area contributed by atoms with Crippen LogP contribution in [0.4, 0.5) is 5.69 Å². The normalized spacial score (nSPS) is 11.4. The molecule has 0 heterocycles. The molecule has 0 N–H and O–H groups in total. The van der Waals surface area contributed by atoms with E-state index in [0.717, 1.165) is 18.8 Å². The molecule has 144 valence electrons. The third-order valence-electron chi connectivity index (χ3n) is 4.63. The van der Waals surface area contributed by atoms with Gasteiger partial charge in [0.25, 0.3) is 0 Å². The Morgan fingerprint density at radius 2 is 1.22 bits per heavy atom. The van der Waals surface area contributed by atoms with E-state index in [1.54, 1.807) is 7.11 Å². The van der Waals surface area contributed by atoms with Gasteiger partial charge in [-0.1, -0.05) is 75.3 Å². The molecule has 2 rings (SSSR count). The molecule has 0 unspecified atom stereocenters. The van der Waals surface area contributed by atoms with Gasteiger partial charge in [-0.05, 0) is 48.2 Å². The Balaban J connectivity index is 1.94. The van der Waals surface area contributed by atoms with Crippen molar-refractivity contribution in [3.63, 3.8) is 0 Å². The predicted octanol–water partition coefficient (Wildman–Crippen LogP) is 6.83. The van der Waals surface area contributed by atoms with Crippen molar-refractivity contribution in [3.05, 3.63) is 71.8 Å². The summed E-state index contributed by atoms with van der Waals surface area (Å²) >= 11 is 0. The van der Waals surface area contributed by atoms with Gasteiger partial charge in [-0.2, -0.15) is 0 Å². The number of anilines is 1. The fraction of sp³-hybridized carbons (Fsp3) is 0.360. The SMILES string of the molecule is CCCCN(CCCC)c1ccc(/C=C/C=C/c2ccc(OC)cc2)cc1. The molecule has 0 atom stereocenters. The van der Waals surface area contributed by atoms with Gasteiger partial charge in [0.15, 0.2) is 0 Å². The van der Waals surface area contributed by atoms with Crippen molar-refractivity contribution in [3.8, 4) is 5.75 Å². The summed E-state index contributed by atoms with van der Waals surface area (Å²) in [5.74, 6) is 0.884. The summed E-state index contributed by atoms with van der Waals surface area (Å²) in [4.78, 5) is 2.52. The molecule has 0 aromatic heterocycles. The van der Waals surface area contributed by atoms with Crippen molar-refractivity contribution in [1.29, 1.82) is 0 Å². The number of hydrogen-bond donors (Lipinski definition) is 0. The lowest BCUT2D eigenvalue weighted by Gasteiger charge is -2.24. The Morgan fingerprint density at radius 1 is 0.741 bits per heavy atom. The van der Waals surface area contributed by atoms with Crippen LogP contribution in [-0.4, -0.2) is 20.2 Å². The monoisotopic (exact) mass is 363 g/mol. The molecule has 27 heavy (non-hydrogen) atoms. The van der Waals surface area contributed by atoms with Crippen LogP contribution in [0.2, 0.25) is 0 Å². The molecular weight excluding hydrogens is 330 g/mol. The summed E-state index contributed by atoms with van der Waals surface area (Å²) in [5, 5.41) is 0. The summed E-state index contributed by atoms with van der Waals surface area (Å²) in [7, 11) is 1.69. The number of rotatable bonds is 11. The summed E-state index contributed by atoms with van der Waals surface area (Å²) < 4.78 is 5.18. The number of ether oxygens (including phenoxy) is 1. The second-order valence-corrected chi connectivity index (χ2v) is 6.78. The predicted molar refractivity (Wildman–Crippen MR) is 120 cm³/mol. The summed E-state index contributed by atoms with van der Waals surface area (Å²) in [6.07, 6.45) is 13.4. The molecule has 0 radical (unpaired) electrons. The standard InChI is InChI=1S/C25H33NO/c1-4-6-20-26(21-7-5-2)24-16-12-22(13-17-24)10-8-9-11-23-14-18-25(27-3)19-15-23/h8-19H,4-7,20-21H2,1-3H3/b10-8+,11-9+. The van der Waals surface area contributed by atoms with Crippen LogP contribution in [-0.2, 0) is 0 Å². The molecular formula is C25H33NO. The maximum Gasteiger partial charge on any atom is 0.118 e. The molecule has 2 nitrogen and oxygen atoms in total. The van der Waals surface area contributed by atoms with E-state index < -0.39 is 0 Å². The summed E-state index contributed by atoms with van der Waals surface area (Å²) in [6.45, 7) is 6.81. The van der Waals surface area contributed by atoms with Crippen LogP contribution in [0.25, 0.3) is 12.2 Å². The third-order valence-corrected chi connectivity index (χ3v) is 4.63. The maximum absolute atomic E-state index is 5.18. The van der Waals surface area contributed by atoms with Gasteiger partial charge in [0.05, 0.1) is 7.11 Å². The Kier molecular flexibility index (Phi) is 9.26. The van der Waals surface area contributed by atoms with Gasteiger partial charge in [0, 0.05) is 18.8 Å². The molecule has 0 aliphatic heterocycles. The quantitative estimate of drug-likeness (QED) is 0.406. The summed E-state index contributed by atoms with van der Waals surface area (Å²) in [5.41, 5.74) is 3.73. The van der Waals surface area contributed by atoms with Gasteiger partial charge in [0.2, 0.25) is 0 Å². The smallest absolute Gasteiger partial charge is 0.118 e. The second-order valence-electron chi connectivity index (χ2n) is 6.78. The zero-order valence-electron chi connectivity index (χ0n) is 17.0. The van der Waals surface area contributed by atoms with E-state index in [1.165, 1.54) is 42.5 Å². The van der Waals surface area contributed by atoms with E-state index in [2.05, 4.69) is 79.4 Å². The van der Waals surface area contributed by atoms with Crippen molar-refractivity contribution in [2.45, 2.75) is 39.5 Å². The van der Waals surface area contributed by atoms with Crippen molar-refractivity contribution in [2.24, 2.45) is 0 Å². The van der Waals surface area contributed by atoms with E-state index in [-0.39, 0.29) is 0 Å². The zero-order valence-corrected chi connectivity index (χ0v) is 17.0. The largest absolute Gasteiger partial charge is 0.497 e. The number of methoxy groups -OCH3 is 1. The molecule has 0 aliphatic rings. The molecule has 0 saturated heterocycles. The molecule has 0 amide bonds. The first-order valence-corrected chi connectivity index (χ1v) is 10.1.